The highest BCUT2D eigenvalue weighted by molar-refractivity contribution is 6.30. The van der Waals surface area contributed by atoms with E-state index < -0.39 is 82.8 Å². The minimum atomic E-state index is -1.69. The SMILES string of the molecule is COc1cc(Cc2cc(Cl)cn(C(CC(=O)NN)c3cc(F)c(F)c(F)c3)c2=O)ccc1-n1cnc(C)c1.COc1cc(Cc2cc(Cl)cn(C(CC(=O)O)c3cc(F)c(F)c(F)c3)c2=O)ccc1-n1cnc(C)c1.NN. The lowest BCUT2D eigenvalue weighted by Crippen LogP contribution is -2.35. The van der Waals surface area contributed by atoms with Gasteiger partial charge in [-0.05, 0) is 96.8 Å². The van der Waals surface area contributed by atoms with Crippen molar-refractivity contribution >= 4 is 35.1 Å². The van der Waals surface area contributed by atoms with Gasteiger partial charge in [-0.1, -0.05) is 35.3 Å². The Hall–Kier alpha value is -8.22. The number of carboxylic acid groups (broad SMARTS) is 1. The van der Waals surface area contributed by atoms with Crippen LogP contribution in [0.5, 0.6) is 11.5 Å². The van der Waals surface area contributed by atoms with Gasteiger partial charge < -0.3 is 32.8 Å². The summed E-state index contributed by atoms with van der Waals surface area (Å²) in [7, 11) is 3.03. The molecule has 0 fully saturated rings. The molecule has 0 saturated heterocycles. The largest absolute Gasteiger partial charge is 0.495 e. The maximum absolute atomic E-state index is 14.0. The number of halogens is 8. The molecule has 8 rings (SSSR count). The van der Waals surface area contributed by atoms with Crippen molar-refractivity contribution in [2.45, 2.75) is 51.6 Å². The van der Waals surface area contributed by atoms with Crippen LogP contribution in [0.1, 0.15) is 69.7 Å². The van der Waals surface area contributed by atoms with Crippen LogP contribution in [0.3, 0.4) is 0 Å². The number of carbonyl (C=O) groups is 2. The fraction of sp³-hybridized carbons (Fsp3) is 0.192. The highest BCUT2D eigenvalue weighted by Crippen LogP contribution is 2.31. The molecule has 2 atom stereocenters. The van der Waals surface area contributed by atoms with Crippen molar-refractivity contribution in [1.82, 2.24) is 33.7 Å². The van der Waals surface area contributed by atoms with Crippen LogP contribution >= 0.6 is 23.2 Å². The lowest BCUT2D eigenvalue weighted by Gasteiger charge is -2.21. The molecule has 404 valence electrons. The van der Waals surface area contributed by atoms with Gasteiger partial charge in [0.2, 0.25) is 5.91 Å². The zero-order valence-corrected chi connectivity index (χ0v) is 42.7. The zero-order chi connectivity index (χ0) is 56.4. The number of amides is 1. The summed E-state index contributed by atoms with van der Waals surface area (Å²) in [5.74, 6) is 2.93. The first-order valence-electron chi connectivity index (χ1n) is 22.7. The third-order valence-electron chi connectivity index (χ3n) is 11.8. The molecule has 17 nitrogen and oxygen atoms in total. The number of imidazole rings is 2. The highest BCUT2D eigenvalue weighted by atomic mass is 35.5. The van der Waals surface area contributed by atoms with Crippen LogP contribution in [-0.2, 0) is 22.4 Å². The number of aryl methyl sites for hydroxylation is 2. The summed E-state index contributed by atoms with van der Waals surface area (Å²) in [6.45, 7) is 3.72. The third kappa shape index (κ3) is 13.8. The van der Waals surface area contributed by atoms with Gasteiger partial charge in [0.25, 0.3) is 11.1 Å². The number of ether oxygens (including phenoxy) is 2. The molecule has 2 unspecified atom stereocenters. The van der Waals surface area contributed by atoms with Gasteiger partial charge in [0, 0.05) is 48.8 Å². The molecule has 4 aromatic heterocycles. The minimum Gasteiger partial charge on any atom is -0.495 e. The number of aromatic nitrogens is 6. The first-order valence-corrected chi connectivity index (χ1v) is 23.4. The van der Waals surface area contributed by atoms with Crippen LogP contribution in [0.4, 0.5) is 26.3 Å². The Morgan fingerprint density at radius 2 is 1.00 bits per heavy atom. The van der Waals surface area contributed by atoms with Gasteiger partial charge >= 0.3 is 5.97 Å². The topological polar surface area (TPSA) is 243 Å². The van der Waals surface area contributed by atoms with Crippen molar-refractivity contribution in [2.24, 2.45) is 17.5 Å². The van der Waals surface area contributed by atoms with E-state index in [-0.39, 0.29) is 45.1 Å². The average molecular weight is 1110 g/mol. The van der Waals surface area contributed by atoms with Crippen molar-refractivity contribution in [2.75, 3.05) is 14.2 Å². The van der Waals surface area contributed by atoms with E-state index in [0.717, 1.165) is 44.0 Å². The van der Waals surface area contributed by atoms with Gasteiger partial charge in [-0.15, -0.1) is 0 Å². The van der Waals surface area contributed by atoms with Crippen molar-refractivity contribution in [1.29, 1.82) is 0 Å². The van der Waals surface area contributed by atoms with E-state index in [2.05, 4.69) is 21.7 Å². The van der Waals surface area contributed by atoms with Crippen LogP contribution in [0, 0.1) is 48.8 Å². The number of aliphatic carboxylic acids is 1. The van der Waals surface area contributed by atoms with E-state index in [1.807, 2.05) is 43.8 Å². The van der Waals surface area contributed by atoms with Gasteiger partial charge in [0.05, 0.1) is 84.6 Å². The molecule has 0 saturated carbocycles. The smallest absolute Gasteiger partial charge is 0.305 e. The summed E-state index contributed by atoms with van der Waals surface area (Å²) >= 11 is 12.6. The Labute approximate surface area is 444 Å². The molecular weight excluding hydrogens is 1060 g/mol. The van der Waals surface area contributed by atoms with E-state index in [1.54, 1.807) is 46.1 Å². The van der Waals surface area contributed by atoms with E-state index in [9.17, 15) is 50.6 Å². The molecule has 0 bridgehead atoms. The van der Waals surface area contributed by atoms with Crippen molar-refractivity contribution in [3.8, 4) is 22.9 Å². The van der Waals surface area contributed by atoms with Crippen molar-refractivity contribution < 1.29 is 50.5 Å². The van der Waals surface area contributed by atoms with E-state index in [0.29, 0.717) is 34.8 Å². The molecule has 25 heteroatoms. The fourth-order valence-electron chi connectivity index (χ4n) is 8.29. The maximum Gasteiger partial charge on any atom is 0.305 e. The summed E-state index contributed by atoms with van der Waals surface area (Å²) < 4.78 is 99.8. The Bertz CT molecular complexity index is 3540. The third-order valence-corrected chi connectivity index (χ3v) is 12.2. The normalized spacial score (nSPS) is 11.7. The van der Waals surface area contributed by atoms with Crippen LogP contribution in [0.25, 0.3) is 11.4 Å². The number of benzene rings is 4. The number of rotatable bonds is 16. The fourth-order valence-corrected chi connectivity index (χ4v) is 8.76. The van der Waals surface area contributed by atoms with Crippen molar-refractivity contribution in [3.63, 3.8) is 0 Å². The number of nitrogens with two attached hydrogens (primary N) is 3. The zero-order valence-electron chi connectivity index (χ0n) is 41.2. The minimum absolute atomic E-state index is 0.102. The predicted octanol–water partition coefficient (Wildman–Crippen LogP) is 7.88. The summed E-state index contributed by atoms with van der Waals surface area (Å²) in [5, 5.41) is 9.65. The van der Waals surface area contributed by atoms with E-state index >= 15 is 0 Å². The van der Waals surface area contributed by atoms with Crippen LogP contribution in [0.2, 0.25) is 10.0 Å². The van der Waals surface area contributed by atoms with Gasteiger partial charge in [0.15, 0.2) is 34.9 Å². The van der Waals surface area contributed by atoms with Gasteiger partial charge in [-0.2, -0.15) is 0 Å². The van der Waals surface area contributed by atoms with Gasteiger partial charge in [-0.25, -0.2) is 42.2 Å². The number of pyridine rings is 2. The monoisotopic (exact) mass is 1110 g/mol. The quantitative estimate of drug-likeness (QED) is 0.0204. The Morgan fingerprint density at radius 3 is 1.32 bits per heavy atom. The molecule has 0 spiro atoms. The number of hydrazine groups is 2. The molecule has 0 aliphatic carbocycles. The molecule has 4 aromatic carbocycles. The molecule has 0 radical (unpaired) electrons. The van der Waals surface area contributed by atoms with E-state index in [1.165, 1.54) is 38.7 Å². The highest BCUT2D eigenvalue weighted by Gasteiger charge is 2.26. The van der Waals surface area contributed by atoms with Crippen LogP contribution in [0.15, 0.2) is 120 Å². The predicted molar refractivity (Wildman–Crippen MR) is 273 cm³/mol. The molecule has 0 aliphatic rings. The van der Waals surface area contributed by atoms with Crippen molar-refractivity contribution in [3.05, 3.63) is 221 Å². The number of methoxy groups -OCH3 is 2. The van der Waals surface area contributed by atoms with Crippen LogP contribution in [-0.4, -0.2) is 59.4 Å². The van der Waals surface area contributed by atoms with Gasteiger partial charge in [-0.3, -0.25) is 36.3 Å². The lowest BCUT2D eigenvalue weighted by molar-refractivity contribution is -0.137. The summed E-state index contributed by atoms with van der Waals surface area (Å²) in [4.78, 5) is 59.1. The molecule has 8 aromatic rings. The van der Waals surface area contributed by atoms with Crippen LogP contribution < -0.4 is 43.5 Å². The summed E-state index contributed by atoms with van der Waals surface area (Å²) in [6, 6.07) is 13.8. The molecule has 8 N–H and O–H groups in total. The van der Waals surface area contributed by atoms with E-state index in [4.69, 9.17) is 38.5 Å². The number of carboxylic acids is 1. The Balaban J connectivity index is 0.000000242. The average Bonchev–Trinajstić information content (AvgIpc) is 4.05. The molecular formula is C52H48Cl2F6N10O7. The Kier molecular flexibility index (Phi) is 19.3. The molecule has 77 heavy (non-hydrogen) atoms. The number of nitrogens with one attached hydrogen (secondary N) is 1. The summed E-state index contributed by atoms with van der Waals surface area (Å²) in [6.07, 6.45) is 8.46. The standard InChI is InChI=1S/C26H23ClF3N5O3.C26H21ClF3N3O4.H4N2/c1-14-11-34(13-32-14)21-4-3-15(6-23(21)38-2)5-17-7-18(27)12-35(26(17)37)22(10-24(36)33-31)16-8-19(28)25(30)20(29)9-16;1-14-11-32(13-31-14)21-4-3-15(6-23(21)37-2)5-17-7-18(27)12-33(26(17)36)22(10-24(34)35)16-8-19(28)25(30)20(29)9-16;1-2/h3-4,6-9,11-13,22H,5,10,31H2,1-2H3,(H,33,36);3-4,6-9,11-13,22H,5,10H2,1-2H3,(H,34,35);1-2H2. The van der Waals surface area contributed by atoms with Gasteiger partial charge in [0.1, 0.15) is 11.5 Å². The first kappa shape index (κ1) is 58.0. The molecule has 1 amide bonds. The second kappa shape index (κ2) is 25.5. The summed E-state index contributed by atoms with van der Waals surface area (Å²) in [5.41, 5.74) is 5.35. The second-order valence-electron chi connectivity index (χ2n) is 17.0. The second-order valence-corrected chi connectivity index (χ2v) is 17.9. The number of hydrogen-bond acceptors (Lipinski definition) is 11. The molecule has 0 aliphatic heterocycles. The molecule has 4 heterocycles. The maximum atomic E-state index is 14.0. The number of hydrogen-bond donors (Lipinski definition) is 5. The lowest BCUT2D eigenvalue weighted by atomic mass is 10.0. The first-order chi connectivity index (χ1) is 36.7. The number of nitrogens with zero attached hydrogens (tertiary/aromatic N) is 6. The number of carbonyl (C=O) groups excluding carboxylic acids is 1. The Morgan fingerprint density at radius 1 is 0.623 bits per heavy atom.